The van der Waals surface area contributed by atoms with Crippen LogP contribution in [0, 0.1) is 25.5 Å². The third kappa shape index (κ3) is 3.04. The fourth-order valence-electron chi connectivity index (χ4n) is 3.37. The summed E-state index contributed by atoms with van der Waals surface area (Å²) in [5, 5.41) is 4.55. The van der Waals surface area contributed by atoms with Gasteiger partial charge in [0.1, 0.15) is 5.69 Å². The van der Waals surface area contributed by atoms with Gasteiger partial charge in [-0.2, -0.15) is 5.10 Å². The largest absolute Gasteiger partial charge is 0.336 e. The third-order valence-corrected chi connectivity index (χ3v) is 4.78. The molecular formula is C21H17F2N5O2. The lowest BCUT2D eigenvalue weighted by Crippen LogP contribution is -2.42. The van der Waals surface area contributed by atoms with E-state index in [1.807, 2.05) is 0 Å². The van der Waals surface area contributed by atoms with Gasteiger partial charge in [0.25, 0.3) is 5.56 Å². The van der Waals surface area contributed by atoms with Crippen LogP contribution in [0.25, 0.3) is 22.3 Å². The van der Waals surface area contributed by atoms with Gasteiger partial charge >= 0.3 is 5.69 Å². The Morgan fingerprint density at radius 2 is 1.83 bits per heavy atom. The number of aromatic nitrogens is 5. The van der Waals surface area contributed by atoms with Crippen LogP contribution in [0.5, 0.6) is 0 Å². The zero-order valence-electron chi connectivity index (χ0n) is 16.3. The van der Waals surface area contributed by atoms with Gasteiger partial charge in [0.2, 0.25) is 0 Å². The molecular weight excluding hydrogens is 392 g/mol. The molecule has 0 bridgehead atoms. The molecule has 0 aliphatic rings. The number of pyridine rings is 1. The molecule has 0 spiro atoms. The Morgan fingerprint density at radius 1 is 1.10 bits per heavy atom. The highest BCUT2D eigenvalue weighted by Crippen LogP contribution is 2.19. The van der Waals surface area contributed by atoms with Crippen LogP contribution < -0.4 is 11.2 Å². The number of allylic oxidation sites excluding steroid dienone is 1. The molecule has 0 radical (unpaired) electrons. The van der Waals surface area contributed by atoms with Crippen LogP contribution in [0.4, 0.5) is 8.78 Å². The van der Waals surface area contributed by atoms with Gasteiger partial charge in [0, 0.05) is 30.4 Å². The second-order valence-corrected chi connectivity index (χ2v) is 6.88. The van der Waals surface area contributed by atoms with Crippen molar-refractivity contribution in [3.05, 3.63) is 93.2 Å². The predicted molar refractivity (Wildman–Crippen MR) is 108 cm³/mol. The lowest BCUT2D eigenvalue weighted by Gasteiger charge is -2.16. The Balaban J connectivity index is 2.08. The predicted octanol–water partition coefficient (Wildman–Crippen LogP) is 2.81. The van der Waals surface area contributed by atoms with E-state index >= 15 is 0 Å². The molecule has 4 rings (SSSR count). The van der Waals surface area contributed by atoms with Gasteiger partial charge in [-0.15, -0.1) is 6.58 Å². The molecule has 7 nitrogen and oxygen atoms in total. The normalized spacial score (nSPS) is 11.2. The van der Waals surface area contributed by atoms with Crippen LogP contribution in [0.2, 0.25) is 0 Å². The van der Waals surface area contributed by atoms with Gasteiger partial charge in [0.05, 0.1) is 23.1 Å². The minimum Gasteiger partial charge on any atom is -0.292 e. The van der Waals surface area contributed by atoms with E-state index in [1.54, 1.807) is 26.1 Å². The van der Waals surface area contributed by atoms with Gasteiger partial charge in [-0.1, -0.05) is 6.08 Å². The van der Waals surface area contributed by atoms with E-state index in [1.165, 1.54) is 27.7 Å². The number of nitrogens with zero attached hydrogens (tertiary/aromatic N) is 5. The van der Waals surface area contributed by atoms with E-state index < -0.39 is 22.9 Å². The summed E-state index contributed by atoms with van der Waals surface area (Å²) in [5.41, 5.74) is 0.495. The van der Waals surface area contributed by atoms with E-state index in [2.05, 4.69) is 16.7 Å². The number of halogens is 2. The Morgan fingerprint density at radius 3 is 2.53 bits per heavy atom. The lowest BCUT2D eigenvalue weighted by molar-refractivity contribution is 0.511. The van der Waals surface area contributed by atoms with Crippen molar-refractivity contribution in [2.45, 2.75) is 20.4 Å². The molecule has 0 atom stereocenters. The SMILES string of the molecule is C=CCn1c(C)c(-n2cc3cc(F)c(F)cc3n2)c(=O)n(-c2cncc(C)c2)c1=O. The van der Waals surface area contributed by atoms with Crippen molar-refractivity contribution in [1.29, 1.82) is 0 Å². The van der Waals surface area contributed by atoms with Crippen LogP contribution in [-0.4, -0.2) is 23.9 Å². The van der Waals surface area contributed by atoms with Crippen LogP contribution in [0.15, 0.2) is 59.0 Å². The summed E-state index contributed by atoms with van der Waals surface area (Å²) in [4.78, 5) is 30.5. The van der Waals surface area contributed by atoms with Crippen LogP contribution in [0.3, 0.4) is 0 Å². The fourth-order valence-corrected chi connectivity index (χ4v) is 3.37. The Kier molecular flexibility index (Phi) is 4.65. The topological polar surface area (TPSA) is 74.7 Å². The number of fused-ring (bicyclic) bond motifs is 1. The second-order valence-electron chi connectivity index (χ2n) is 6.88. The molecule has 0 saturated heterocycles. The van der Waals surface area contributed by atoms with Gasteiger partial charge in [-0.05, 0) is 31.5 Å². The van der Waals surface area contributed by atoms with E-state index in [4.69, 9.17) is 0 Å². The van der Waals surface area contributed by atoms with Gasteiger partial charge in [-0.3, -0.25) is 14.3 Å². The summed E-state index contributed by atoms with van der Waals surface area (Å²) in [6, 6.07) is 3.63. The molecule has 0 fully saturated rings. The molecule has 0 N–H and O–H groups in total. The maximum atomic E-state index is 13.6. The molecule has 0 amide bonds. The molecule has 0 unspecified atom stereocenters. The highest BCUT2D eigenvalue weighted by atomic mass is 19.2. The Bertz CT molecular complexity index is 1390. The summed E-state index contributed by atoms with van der Waals surface area (Å²) in [6.45, 7) is 7.22. The highest BCUT2D eigenvalue weighted by Gasteiger charge is 2.20. The number of hydrogen-bond donors (Lipinski definition) is 0. The first-order chi connectivity index (χ1) is 14.3. The summed E-state index contributed by atoms with van der Waals surface area (Å²) >= 11 is 0. The molecule has 4 aromatic rings. The molecule has 9 heteroatoms. The molecule has 0 aliphatic carbocycles. The maximum Gasteiger partial charge on any atom is 0.336 e. The summed E-state index contributed by atoms with van der Waals surface area (Å²) in [7, 11) is 0. The maximum absolute atomic E-state index is 13.6. The zero-order chi connectivity index (χ0) is 21.6. The fraction of sp³-hybridized carbons (Fsp3) is 0.143. The number of benzene rings is 1. The number of rotatable bonds is 4. The minimum atomic E-state index is -1.04. The molecule has 3 aromatic heterocycles. The Labute approximate surface area is 169 Å². The monoisotopic (exact) mass is 409 g/mol. The van der Waals surface area contributed by atoms with Gasteiger partial charge in [0.15, 0.2) is 11.6 Å². The van der Waals surface area contributed by atoms with Crippen molar-refractivity contribution in [2.24, 2.45) is 0 Å². The molecule has 3 heterocycles. The van der Waals surface area contributed by atoms with E-state index in [0.29, 0.717) is 16.8 Å². The summed E-state index contributed by atoms with van der Waals surface area (Å²) in [5.74, 6) is -2.05. The quantitative estimate of drug-likeness (QED) is 0.486. The highest BCUT2D eigenvalue weighted by molar-refractivity contribution is 5.78. The van der Waals surface area contributed by atoms with Crippen molar-refractivity contribution < 1.29 is 8.78 Å². The first-order valence-electron chi connectivity index (χ1n) is 9.06. The van der Waals surface area contributed by atoms with Crippen molar-refractivity contribution in [3.8, 4) is 11.4 Å². The lowest BCUT2D eigenvalue weighted by atomic mass is 10.2. The first kappa shape index (κ1) is 19.4. The van der Waals surface area contributed by atoms with Gasteiger partial charge < -0.3 is 0 Å². The summed E-state index contributed by atoms with van der Waals surface area (Å²) in [6.07, 6.45) is 5.97. The van der Waals surface area contributed by atoms with E-state index in [9.17, 15) is 18.4 Å². The Hall–Kier alpha value is -3.88. The molecule has 0 saturated carbocycles. The van der Waals surface area contributed by atoms with E-state index in [0.717, 1.165) is 22.3 Å². The van der Waals surface area contributed by atoms with Crippen molar-refractivity contribution in [1.82, 2.24) is 23.9 Å². The van der Waals surface area contributed by atoms with Crippen LogP contribution in [-0.2, 0) is 6.54 Å². The number of hydrogen-bond acceptors (Lipinski definition) is 4. The van der Waals surface area contributed by atoms with Crippen molar-refractivity contribution in [2.75, 3.05) is 0 Å². The zero-order valence-corrected chi connectivity index (χ0v) is 16.3. The second kappa shape index (κ2) is 7.18. The smallest absolute Gasteiger partial charge is 0.292 e. The molecule has 152 valence electrons. The standard InChI is InChI=1S/C21H17F2N5O2/c1-4-5-26-13(3)19(27-11-14-7-16(22)17(23)8-18(14)25-27)20(29)28(21(26)30)15-6-12(2)9-24-10-15/h4,6-11H,1,5H2,2-3H3. The van der Waals surface area contributed by atoms with Crippen LogP contribution in [0.1, 0.15) is 11.3 Å². The molecule has 1 aromatic carbocycles. The average Bonchev–Trinajstić information content (AvgIpc) is 3.07. The van der Waals surface area contributed by atoms with Gasteiger partial charge in [-0.25, -0.2) is 22.8 Å². The van der Waals surface area contributed by atoms with Crippen LogP contribution >= 0.6 is 0 Å². The van der Waals surface area contributed by atoms with Crippen molar-refractivity contribution in [3.63, 3.8) is 0 Å². The first-order valence-corrected chi connectivity index (χ1v) is 9.06. The molecule has 30 heavy (non-hydrogen) atoms. The number of aryl methyl sites for hydroxylation is 1. The minimum absolute atomic E-state index is 0.0787. The molecule has 0 aliphatic heterocycles. The van der Waals surface area contributed by atoms with E-state index in [-0.39, 0.29) is 17.7 Å². The average molecular weight is 409 g/mol. The van der Waals surface area contributed by atoms with Crippen molar-refractivity contribution >= 4 is 10.9 Å². The summed E-state index contributed by atoms with van der Waals surface area (Å²) < 4.78 is 30.8. The third-order valence-electron chi connectivity index (χ3n) is 4.78.